The highest BCUT2D eigenvalue weighted by Crippen LogP contribution is 2.15. The molecule has 0 aromatic rings. The predicted octanol–water partition coefficient (Wildman–Crippen LogP) is 0.662. The number of aliphatic imine (C=N–C) groups is 1. The first-order valence-corrected chi connectivity index (χ1v) is 7.36. The smallest absolute Gasteiger partial charge is 0.156 e. The van der Waals surface area contributed by atoms with Crippen LogP contribution in [0, 0.1) is 0 Å². The number of methoxy groups -OCH3 is 1. The van der Waals surface area contributed by atoms with E-state index >= 15 is 0 Å². The van der Waals surface area contributed by atoms with Gasteiger partial charge in [-0.1, -0.05) is 11.8 Å². The molecule has 0 aliphatic carbocycles. The van der Waals surface area contributed by atoms with Crippen LogP contribution < -0.4 is 5.32 Å². The molecule has 1 rings (SSSR count). The molecule has 0 radical (unpaired) electrons. The summed E-state index contributed by atoms with van der Waals surface area (Å²) in [6.07, 6.45) is 1.04. The molecule has 1 atom stereocenters. The van der Waals surface area contributed by atoms with Crippen LogP contribution in [-0.2, 0) is 9.47 Å². The van der Waals surface area contributed by atoms with Crippen molar-refractivity contribution in [3.8, 4) is 0 Å². The van der Waals surface area contributed by atoms with Gasteiger partial charge < -0.3 is 19.7 Å². The lowest BCUT2D eigenvalue weighted by molar-refractivity contribution is 0.124. The molecule has 1 N–H and O–H groups in total. The van der Waals surface area contributed by atoms with Gasteiger partial charge in [0.15, 0.2) is 5.17 Å². The van der Waals surface area contributed by atoms with Crippen LogP contribution in [0.25, 0.3) is 0 Å². The van der Waals surface area contributed by atoms with Crippen molar-refractivity contribution in [1.29, 1.82) is 0 Å². The molecule has 0 saturated carbocycles. The summed E-state index contributed by atoms with van der Waals surface area (Å²) in [7, 11) is 5.83. The minimum absolute atomic E-state index is 0.503. The van der Waals surface area contributed by atoms with Gasteiger partial charge in [0, 0.05) is 32.1 Å². The summed E-state index contributed by atoms with van der Waals surface area (Å²) in [5, 5.41) is 4.45. The highest BCUT2D eigenvalue weighted by atomic mass is 32.2. The van der Waals surface area contributed by atoms with Crippen LogP contribution in [0.3, 0.4) is 0 Å². The Morgan fingerprint density at radius 3 is 2.94 bits per heavy atom. The highest BCUT2D eigenvalue weighted by Gasteiger charge is 2.19. The third kappa shape index (κ3) is 7.20. The van der Waals surface area contributed by atoms with E-state index in [2.05, 4.69) is 15.2 Å². The molecule has 6 heteroatoms. The number of thioether (sulfide) groups is 1. The topological polar surface area (TPSA) is 46.1 Å². The van der Waals surface area contributed by atoms with Gasteiger partial charge >= 0.3 is 0 Å². The van der Waals surface area contributed by atoms with E-state index in [9.17, 15) is 0 Å². The van der Waals surface area contributed by atoms with E-state index in [0.717, 1.165) is 43.6 Å². The zero-order valence-corrected chi connectivity index (χ0v) is 12.5. The van der Waals surface area contributed by atoms with Crippen molar-refractivity contribution in [2.45, 2.75) is 12.5 Å². The number of likely N-dealkylation sites (N-methyl/N-ethyl adjacent to an activating group) is 1. The maximum Gasteiger partial charge on any atom is 0.156 e. The van der Waals surface area contributed by atoms with Crippen LogP contribution in [0.15, 0.2) is 4.99 Å². The molecule has 1 unspecified atom stereocenters. The lowest BCUT2D eigenvalue weighted by Crippen LogP contribution is -2.28. The average molecular weight is 275 g/mol. The maximum absolute atomic E-state index is 5.49. The molecule has 5 nitrogen and oxygen atoms in total. The summed E-state index contributed by atoms with van der Waals surface area (Å²) in [6, 6.07) is 0.503. The van der Waals surface area contributed by atoms with Gasteiger partial charge in [0.05, 0.1) is 19.8 Å². The van der Waals surface area contributed by atoms with Crippen molar-refractivity contribution in [1.82, 2.24) is 10.2 Å². The number of ether oxygens (including phenoxy) is 2. The lowest BCUT2D eigenvalue weighted by Gasteiger charge is -2.09. The molecule has 0 amide bonds. The second-order valence-electron chi connectivity index (χ2n) is 4.54. The van der Waals surface area contributed by atoms with E-state index < -0.39 is 0 Å². The Bertz CT molecular complexity index is 249. The number of hydrogen-bond acceptors (Lipinski definition) is 5. The summed E-state index contributed by atoms with van der Waals surface area (Å²) in [5.74, 6) is 1.09. The number of hydrogen-bond donors (Lipinski definition) is 1. The van der Waals surface area contributed by atoms with Gasteiger partial charge in [0.25, 0.3) is 0 Å². The van der Waals surface area contributed by atoms with E-state index in [1.165, 1.54) is 0 Å². The molecule has 18 heavy (non-hydrogen) atoms. The normalized spacial score (nSPS) is 21.8. The summed E-state index contributed by atoms with van der Waals surface area (Å²) in [6.45, 7) is 3.97. The summed E-state index contributed by atoms with van der Waals surface area (Å²) in [5.41, 5.74) is 0. The fourth-order valence-corrected chi connectivity index (χ4v) is 2.55. The quantitative estimate of drug-likeness (QED) is 0.627. The third-order valence-corrected chi connectivity index (χ3v) is 3.68. The monoisotopic (exact) mass is 275 g/mol. The van der Waals surface area contributed by atoms with E-state index in [4.69, 9.17) is 9.47 Å². The van der Waals surface area contributed by atoms with Gasteiger partial charge in [0.2, 0.25) is 0 Å². The molecule has 106 valence electrons. The van der Waals surface area contributed by atoms with Crippen molar-refractivity contribution in [3.63, 3.8) is 0 Å². The Morgan fingerprint density at radius 1 is 1.39 bits per heavy atom. The zero-order chi connectivity index (χ0) is 13.2. The summed E-state index contributed by atoms with van der Waals surface area (Å²) < 4.78 is 10.6. The van der Waals surface area contributed by atoms with Gasteiger partial charge in [-0.15, -0.1) is 0 Å². The van der Waals surface area contributed by atoms with E-state index in [1.807, 2.05) is 14.1 Å². The summed E-state index contributed by atoms with van der Waals surface area (Å²) in [4.78, 5) is 6.60. The third-order valence-electron chi connectivity index (χ3n) is 2.59. The predicted molar refractivity (Wildman–Crippen MR) is 77.5 cm³/mol. The van der Waals surface area contributed by atoms with Crippen LogP contribution in [-0.4, -0.2) is 76.0 Å². The summed E-state index contributed by atoms with van der Waals surface area (Å²) >= 11 is 1.79. The molecule has 1 heterocycles. The van der Waals surface area contributed by atoms with Gasteiger partial charge in [-0.05, 0) is 20.5 Å². The molecule has 0 bridgehead atoms. The molecule has 0 aromatic heterocycles. The van der Waals surface area contributed by atoms with Gasteiger partial charge in [-0.25, -0.2) is 0 Å². The molecule has 0 spiro atoms. The SMILES string of the molecule is COCCC1CSC(=NCCOCCN(C)C)N1. The number of rotatable bonds is 9. The standard InChI is InChI=1S/C12H25N3O2S/c1-15(2)6-9-17-8-5-13-12-14-11(10-18-12)4-7-16-3/h11H,4-10H2,1-3H3,(H,13,14). The molecule has 1 aliphatic rings. The van der Waals surface area contributed by atoms with Crippen LogP contribution in [0.5, 0.6) is 0 Å². The Hall–Kier alpha value is -0.300. The number of nitrogens with zero attached hydrogens (tertiary/aromatic N) is 2. The van der Waals surface area contributed by atoms with Crippen LogP contribution in [0.1, 0.15) is 6.42 Å². The van der Waals surface area contributed by atoms with Crippen molar-refractivity contribution >= 4 is 16.9 Å². The largest absolute Gasteiger partial charge is 0.385 e. The zero-order valence-electron chi connectivity index (χ0n) is 11.6. The Balaban J connectivity index is 2.02. The Labute approximate surface area is 114 Å². The van der Waals surface area contributed by atoms with Crippen molar-refractivity contribution in [2.24, 2.45) is 4.99 Å². The van der Waals surface area contributed by atoms with E-state index in [1.54, 1.807) is 18.9 Å². The minimum Gasteiger partial charge on any atom is -0.385 e. The first-order valence-electron chi connectivity index (χ1n) is 6.37. The van der Waals surface area contributed by atoms with E-state index in [0.29, 0.717) is 12.6 Å². The highest BCUT2D eigenvalue weighted by molar-refractivity contribution is 8.14. The second-order valence-corrected chi connectivity index (χ2v) is 5.54. The van der Waals surface area contributed by atoms with Crippen LogP contribution in [0.4, 0.5) is 0 Å². The Kier molecular flexibility index (Phi) is 8.41. The molecular formula is C12H25N3O2S. The lowest BCUT2D eigenvalue weighted by atomic mass is 10.2. The van der Waals surface area contributed by atoms with Crippen LogP contribution in [0.2, 0.25) is 0 Å². The fraction of sp³-hybridized carbons (Fsp3) is 0.917. The molecule has 1 saturated heterocycles. The first-order chi connectivity index (χ1) is 8.72. The Morgan fingerprint density at radius 2 is 2.22 bits per heavy atom. The van der Waals surface area contributed by atoms with Gasteiger partial charge in [0.1, 0.15) is 0 Å². The second kappa shape index (κ2) is 9.61. The first kappa shape index (κ1) is 15.8. The van der Waals surface area contributed by atoms with Crippen molar-refractivity contribution in [2.75, 3.05) is 59.9 Å². The number of amidine groups is 1. The van der Waals surface area contributed by atoms with E-state index in [-0.39, 0.29) is 0 Å². The van der Waals surface area contributed by atoms with Gasteiger partial charge in [-0.3, -0.25) is 4.99 Å². The molecule has 1 fully saturated rings. The van der Waals surface area contributed by atoms with Gasteiger partial charge in [-0.2, -0.15) is 0 Å². The van der Waals surface area contributed by atoms with Crippen molar-refractivity contribution < 1.29 is 9.47 Å². The minimum atomic E-state index is 0.503. The van der Waals surface area contributed by atoms with Crippen LogP contribution >= 0.6 is 11.8 Å². The maximum atomic E-state index is 5.49. The average Bonchev–Trinajstić information content (AvgIpc) is 2.78. The molecule has 1 aliphatic heterocycles. The number of nitrogens with one attached hydrogen (secondary N) is 1. The van der Waals surface area contributed by atoms with Crippen molar-refractivity contribution in [3.05, 3.63) is 0 Å². The fourth-order valence-electron chi connectivity index (χ4n) is 1.51. The molecule has 0 aromatic carbocycles. The molecular weight excluding hydrogens is 250 g/mol.